The highest BCUT2D eigenvalue weighted by Crippen LogP contribution is 2.23. The van der Waals surface area contributed by atoms with Gasteiger partial charge >= 0.3 is 0 Å². The fraction of sp³-hybridized carbons (Fsp3) is 0.200. The summed E-state index contributed by atoms with van der Waals surface area (Å²) in [6, 6.07) is 23.1. The third-order valence-electron chi connectivity index (χ3n) is 4.99. The summed E-state index contributed by atoms with van der Waals surface area (Å²) in [5, 5.41) is 5.72. The molecule has 1 aliphatic heterocycles. The maximum Gasteiger partial charge on any atom is 0.259 e. The summed E-state index contributed by atoms with van der Waals surface area (Å²) in [7, 11) is 0. The minimum absolute atomic E-state index is 0.0704. The summed E-state index contributed by atoms with van der Waals surface area (Å²) >= 11 is 0. The van der Waals surface area contributed by atoms with Crippen LogP contribution in [0.25, 0.3) is 0 Å². The van der Waals surface area contributed by atoms with Crippen LogP contribution in [0, 0.1) is 0 Å². The van der Waals surface area contributed by atoms with Crippen LogP contribution in [0.2, 0.25) is 0 Å². The Hall–Kier alpha value is -3.64. The zero-order chi connectivity index (χ0) is 21.5. The molecule has 1 aliphatic rings. The van der Waals surface area contributed by atoms with Gasteiger partial charge in [-0.3, -0.25) is 9.59 Å². The number of amides is 2. The Labute approximate surface area is 181 Å². The van der Waals surface area contributed by atoms with E-state index in [0.29, 0.717) is 34.9 Å². The monoisotopic (exact) mass is 416 g/mol. The third-order valence-corrected chi connectivity index (χ3v) is 4.99. The summed E-state index contributed by atoms with van der Waals surface area (Å²) in [6.45, 7) is 1.18. The van der Waals surface area contributed by atoms with Gasteiger partial charge in [-0.15, -0.1) is 0 Å². The maximum atomic E-state index is 12.9. The molecular formula is C25H24N2O4. The van der Waals surface area contributed by atoms with E-state index in [1.54, 1.807) is 54.6 Å². The van der Waals surface area contributed by atoms with E-state index >= 15 is 0 Å². The van der Waals surface area contributed by atoms with E-state index in [1.807, 2.05) is 24.3 Å². The van der Waals surface area contributed by atoms with Crippen molar-refractivity contribution in [3.8, 4) is 5.75 Å². The summed E-state index contributed by atoms with van der Waals surface area (Å²) < 4.78 is 11.4. The number of carbonyl (C=O) groups is 2. The first-order valence-electron chi connectivity index (χ1n) is 10.3. The number of carbonyl (C=O) groups excluding carboxylic acids is 2. The Bertz CT molecular complexity index is 1050. The van der Waals surface area contributed by atoms with Gasteiger partial charge in [0, 0.05) is 23.5 Å². The number of ether oxygens (including phenoxy) is 2. The molecule has 3 aromatic carbocycles. The van der Waals surface area contributed by atoms with Crippen molar-refractivity contribution in [2.45, 2.75) is 18.9 Å². The molecular weight excluding hydrogens is 392 g/mol. The topological polar surface area (TPSA) is 76.7 Å². The van der Waals surface area contributed by atoms with Crippen molar-refractivity contribution in [2.24, 2.45) is 0 Å². The van der Waals surface area contributed by atoms with E-state index in [0.717, 1.165) is 19.4 Å². The molecule has 1 atom stereocenters. The lowest BCUT2D eigenvalue weighted by atomic mass is 10.1. The minimum Gasteiger partial charge on any atom is -0.490 e. The van der Waals surface area contributed by atoms with Gasteiger partial charge < -0.3 is 20.1 Å². The van der Waals surface area contributed by atoms with Crippen molar-refractivity contribution < 1.29 is 19.1 Å². The minimum atomic E-state index is -0.283. The molecule has 0 spiro atoms. The molecule has 1 saturated heterocycles. The molecule has 4 rings (SSSR count). The van der Waals surface area contributed by atoms with Crippen LogP contribution in [0.4, 0.5) is 11.4 Å². The SMILES string of the molecule is O=C(Nc1cccc(NC(=O)c2ccccc2OCC2CCCO2)c1)c1ccccc1. The molecule has 6 heteroatoms. The first-order valence-corrected chi connectivity index (χ1v) is 10.3. The number of benzene rings is 3. The van der Waals surface area contributed by atoms with Gasteiger partial charge in [0.1, 0.15) is 12.4 Å². The molecule has 1 unspecified atom stereocenters. The number of hydrogen-bond donors (Lipinski definition) is 2. The Kier molecular flexibility index (Phi) is 6.59. The highest BCUT2D eigenvalue weighted by atomic mass is 16.5. The average Bonchev–Trinajstić information content (AvgIpc) is 3.32. The molecule has 1 heterocycles. The summed E-state index contributed by atoms with van der Waals surface area (Å²) in [6.07, 6.45) is 2.07. The lowest BCUT2D eigenvalue weighted by molar-refractivity contribution is 0.0673. The van der Waals surface area contributed by atoms with E-state index in [2.05, 4.69) is 10.6 Å². The fourth-order valence-corrected chi connectivity index (χ4v) is 3.40. The lowest BCUT2D eigenvalue weighted by Crippen LogP contribution is -2.19. The van der Waals surface area contributed by atoms with Crippen molar-refractivity contribution in [3.05, 3.63) is 90.0 Å². The van der Waals surface area contributed by atoms with E-state index in [9.17, 15) is 9.59 Å². The van der Waals surface area contributed by atoms with Crippen LogP contribution < -0.4 is 15.4 Å². The van der Waals surface area contributed by atoms with Crippen molar-refractivity contribution >= 4 is 23.2 Å². The molecule has 0 radical (unpaired) electrons. The van der Waals surface area contributed by atoms with Crippen LogP contribution in [0.1, 0.15) is 33.6 Å². The summed E-state index contributed by atoms with van der Waals surface area (Å²) in [4.78, 5) is 25.2. The van der Waals surface area contributed by atoms with Gasteiger partial charge in [0.15, 0.2) is 0 Å². The number of para-hydroxylation sites is 1. The first kappa shape index (κ1) is 20.6. The zero-order valence-electron chi connectivity index (χ0n) is 17.0. The second-order valence-corrected chi connectivity index (χ2v) is 7.30. The smallest absolute Gasteiger partial charge is 0.259 e. The highest BCUT2D eigenvalue weighted by Gasteiger charge is 2.18. The van der Waals surface area contributed by atoms with Crippen LogP contribution in [0.3, 0.4) is 0 Å². The number of hydrogen-bond acceptors (Lipinski definition) is 4. The molecule has 6 nitrogen and oxygen atoms in total. The molecule has 0 bridgehead atoms. The molecule has 158 valence electrons. The van der Waals surface area contributed by atoms with Gasteiger partial charge in [0.05, 0.1) is 11.7 Å². The number of rotatable bonds is 7. The van der Waals surface area contributed by atoms with Crippen LogP contribution in [0.15, 0.2) is 78.9 Å². The van der Waals surface area contributed by atoms with Crippen LogP contribution in [-0.2, 0) is 4.74 Å². The Morgan fingerprint density at radius 3 is 2.32 bits per heavy atom. The van der Waals surface area contributed by atoms with Crippen LogP contribution >= 0.6 is 0 Å². The molecule has 0 saturated carbocycles. The van der Waals surface area contributed by atoms with Crippen molar-refractivity contribution in [1.29, 1.82) is 0 Å². The Balaban J connectivity index is 1.42. The number of anilines is 2. The average molecular weight is 416 g/mol. The van der Waals surface area contributed by atoms with Gasteiger partial charge in [-0.1, -0.05) is 36.4 Å². The summed E-state index contributed by atoms with van der Waals surface area (Å²) in [5.41, 5.74) is 2.17. The van der Waals surface area contributed by atoms with E-state index in [1.165, 1.54) is 0 Å². The molecule has 31 heavy (non-hydrogen) atoms. The molecule has 3 aromatic rings. The largest absolute Gasteiger partial charge is 0.490 e. The normalized spacial score (nSPS) is 15.3. The van der Waals surface area contributed by atoms with Crippen LogP contribution in [0.5, 0.6) is 5.75 Å². The molecule has 0 aromatic heterocycles. The van der Waals surface area contributed by atoms with Gasteiger partial charge in [-0.2, -0.15) is 0 Å². The molecule has 1 fully saturated rings. The van der Waals surface area contributed by atoms with Gasteiger partial charge in [0.25, 0.3) is 11.8 Å². The van der Waals surface area contributed by atoms with E-state index < -0.39 is 0 Å². The Morgan fingerprint density at radius 2 is 1.58 bits per heavy atom. The quantitative estimate of drug-likeness (QED) is 0.583. The predicted molar refractivity (Wildman–Crippen MR) is 120 cm³/mol. The molecule has 0 aliphatic carbocycles. The van der Waals surface area contributed by atoms with E-state index in [-0.39, 0.29) is 17.9 Å². The molecule has 2 amide bonds. The van der Waals surface area contributed by atoms with Gasteiger partial charge in [0.2, 0.25) is 0 Å². The van der Waals surface area contributed by atoms with Crippen LogP contribution in [-0.4, -0.2) is 31.1 Å². The lowest BCUT2D eigenvalue weighted by Gasteiger charge is -2.15. The fourth-order valence-electron chi connectivity index (χ4n) is 3.40. The predicted octanol–water partition coefficient (Wildman–Crippen LogP) is 4.75. The second kappa shape index (κ2) is 9.91. The van der Waals surface area contributed by atoms with E-state index in [4.69, 9.17) is 9.47 Å². The standard InChI is InChI=1S/C25H24N2O4/c28-24(18-8-2-1-3-9-18)26-19-10-6-11-20(16-19)27-25(29)22-13-4-5-14-23(22)31-17-21-12-7-15-30-21/h1-6,8-11,13-14,16,21H,7,12,15,17H2,(H,26,28)(H,27,29). The first-order chi connectivity index (χ1) is 15.2. The van der Waals surface area contributed by atoms with Crippen molar-refractivity contribution in [1.82, 2.24) is 0 Å². The Morgan fingerprint density at radius 1 is 0.871 bits per heavy atom. The van der Waals surface area contributed by atoms with Crippen molar-refractivity contribution in [2.75, 3.05) is 23.8 Å². The van der Waals surface area contributed by atoms with Gasteiger partial charge in [-0.25, -0.2) is 0 Å². The highest BCUT2D eigenvalue weighted by molar-refractivity contribution is 6.07. The second-order valence-electron chi connectivity index (χ2n) is 7.30. The summed E-state index contributed by atoms with van der Waals surface area (Å²) in [5.74, 6) is 0.0236. The van der Waals surface area contributed by atoms with Crippen molar-refractivity contribution in [3.63, 3.8) is 0 Å². The molecule has 2 N–H and O–H groups in total. The zero-order valence-corrected chi connectivity index (χ0v) is 17.0. The third kappa shape index (κ3) is 5.49. The van der Waals surface area contributed by atoms with Gasteiger partial charge in [-0.05, 0) is 55.3 Å². The maximum absolute atomic E-state index is 12.9. The number of nitrogens with one attached hydrogen (secondary N) is 2.